The van der Waals surface area contributed by atoms with E-state index < -0.39 is 0 Å². The summed E-state index contributed by atoms with van der Waals surface area (Å²) in [6.45, 7) is 6.14. The van der Waals surface area contributed by atoms with E-state index in [1.165, 1.54) is 0 Å². The van der Waals surface area contributed by atoms with Gasteiger partial charge in [0.1, 0.15) is 5.75 Å². The number of aryl methyl sites for hydroxylation is 2. The Morgan fingerprint density at radius 3 is 2.54 bits per heavy atom. The number of carbonyl (C=O) groups is 2. The Bertz CT molecular complexity index is 741. The molecule has 2 N–H and O–H groups in total. The topological polar surface area (TPSA) is 67.4 Å². The maximum Gasteiger partial charge on any atom is 0.255 e. The van der Waals surface area contributed by atoms with E-state index >= 15 is 0 Å². The molecule has 2 aromatic rings. The highest BCUT2D eigenvalue weighted by Crippen LogP contribution is 2.18. The van der Waals surface area contributed by atoms with Crippen LogP contribution in [0.4, 0.5) is 5.69 Å². The maximum atomic E-state index is 12.2. The lowest BCUT2D eigenvalue weighted by Gasteiger charge is -2.12. The van der Waals surface area contributed by atoms with Crippen molar-refractivity contribution >= 4 is 17.5 Å². The predicted molar refractivity (Wildman–Crippen MR) is 94.5 cm³/mol. The van der Waals surface area contributed by atoms with E-state index in [0.29, 0.717) is 17.9 Å². The molecule has 5 heteroatoms. The Balaban J connectivity index is 1.95. The first-order valence-corrected chi connectivity index (χ1v) is 7.88. The van der Waals surface area contributed by atoms with Gasteiger partial charge in [-0.2, -0.15) is 0 Å². The first kappa shape index (κ1) is 17.5. The molecule has 0 spiro atoms. The molecular formula is C19H22N2O3. The van der Waals surface area contributed by atoms with E-state index in [1.807, 2.05) is 39.0 Å². The molecule has 0 saturated carbocycles. The summed E-state index contributed by atoms with van der Waals surface area (Å²) in [5.41, 5.74) is 3.27. The number of anilines is 1. The molecule has 24 heavy (non-hydrogen) atoms. The number of hydrogen-bond acceptors (Lipinski definition) is 3. The van der Waals surface area contributed by atoms with Crippen LogP contribution in [0.3, 0.4) is 0 Å². The van der Waals surface area contributed by atoms with Crippen molar-refractivity contribution in [3.05, 3.63) is 59.2 Å². The molecule has 2 amide bonds. The van der Waals surface area contributed by atoms with Gasteiger partial charge in [0, 0.05) is 5.69 Å². The number of ether oxygens (including phenoxy) is 1. The summed E-state index contributed by atoms with van der Waals surface area (Å²) in [5.74, 6) is -0.105. The third kappa shape index (κ3) is 4.59. The minimum atomic E-state index is -0.338. The van der Waals surface area contributed by atoms with Crippen LogP contribution in [0, 0.1) is 13.8 Å². The van der Waals surface area contributed by atoms with Crippen LogP contribution >= 0.6 is 0 Å². The van der Waals surface area contributed by atoms with Gasteiger partial charge in [-0.1, -0.05) is 29.8 Å². The second-order valence-corrected chi connectivity index (χ2v) is 5.48. The van der Waals surface area contributed by atoms with Crippen molar-refractivity contribution in [2.75, 3.05) is 18.5 Å². The molecule has 0 unspecified atom stereocenters. The number of carbonyl (C=O) groups excluding carboxylic acids is 2. The number of amides is 2. The van der Waals surface area contributed by atoms with Crippen molar-refractivity contribution in [3.8, 4) is 5.75 Å². The van der Waals surface area contributed by atoms with Crippen molar-refractivity contribution < 1.29 is 14.3 Å². The smallest absolute Gasteiger partial charge is 0.255 e. The molecule has 0 aromatic heterocycles. The minimum Gasteiger partial charge on any atom is -0.493 e. The molecule has 0 radical (unpaired) electrons. The Kier molecular flexibility index (Phi) is 5.95. The molecule has 0 aliphatic heterocycles. The van der Waals surface area contributed by atoms with E-state index in [2.05, 4.69) is 10.6 Å². The van der Waals surface area contributed by atoms with E-state index in [0.717, 1.165) is 16.8 Å². The Labute approximate surface area is 142 Å². The maximum absolute atomic E-state index is 12.2. The van der Waals surface area contributed by atoms with Gasteiger partial charge in [0.2, 0.25) is 5.91 Å². The van der Waals surface area contributed by atoms with E-state index in [-0.39, 0.29) is 18.4 Å². The zero-order chi connectivity index (χ0) is 17.5. The molecule has 0 aliphatic rings. The average molecular weight is 326 g/mol. The normalized spacial score (nSPS) is 10.1. The predicted octanol–water partition coefficient (Wildman–Crippen LogP) is 3.07. The lowest BCUT2D eigenvalue weighted by Crippen LogP contribution is -2.33. The van der Waals surface area contributed by atoms with Crippen molar-refractivity contribution in [2.24, 2.45) is 0 Å². The second kappa shape index (κ2) is 8.15. The van der Waals surface area contributed by atoms with Gasteiger partial charge in [0.25, 0.3) is 5.91 Å². The highest BCUT2D eigenvalue weighted by atomic mass is 16.5. The van der Waals surface area contributed by atoms with E-state index in [1.54, 1.807) is 24.3 Å². The fraction of sp³-hybridized carbons (Fsp3) is 0.263. The second-order valence-electron chi connectivity index (χ2n) is 5.48. The number of rotatable bonds is 6. The third-order valence-electron chi connectivity index (χ3n) is 3.50. The van der Waals surface area contributed by atoms with Crippen LogP contribution in [-0.2, 0) is 4.79 Å². The summed E-state index contributed by atoms with van der Waals surface area (Å²) >= 11 is 0. The monoisotopic (exact) mass is 326 g/mol. The Morgan fingerprint density at radius 2 is 1.83 bits per heavy atom. The zero-order valence-electron chi connectivity index (χ0n) is 14.2. The zero-order valence-corrected chi connectivity index (χ0v) is 14.2. The van der Waals surface area contributed by atoms with Crippen LogP contribution in [0.2, 0.25) is 0 Å². The molecule has 0 saturated heterocycles. The fourth-order valence-corrected chi connectivity index (χ4v) is 2.34. The number of para-hydroxylation sites is 1. The molecule has 2 aromatic carbocycles. The van der Waals surface area contributed by atoms with Gasteiger partial charge < -0.3 is 15.4 Å². The third-order valence-corrected chi connectivity index (χ3v) is 3.50. The fourth-order valence-electron chi connectivity index (χ4n) is 2.34. The molecule has 5 nitrogen and oxygen atoms in total. The lowest BCUT2D eigenvalue weighted by atomic mass is 10.1. The van der Waals surface area contributed by atoms with Crippen molar-refractivity contribution in [2.45, 2.75) is 20.8 Å². The van der Waals surface area contributed by atoms with E-state index in [4.69, 9.17) is 4.74 Å². The molecule has 0 aliphatic carbocycles. The summed E-state index contributed by atoms with van der Waals surface area (Å²) < 4.78 is 5.43. The summed E-state index contributed by atoms with van der Waals surface area (Å²) in [5, 5.41) is 5.42. The minimum absolute atomic E-state index is 0.105. The summed E-state index contributed by atoms with van der Waals surface area (Å²) in [4.78, 5) is 24.3. The van der Waals surface area contributed by atoms with Crippen LogP contribution in [0.25, 0.3) is 0 Å². The summed E-state index contributed by atoms with van der Waals surface area (Å²) in [6.07, 6.45) is 0. The van der Waals surface area contributed by atoms with Crippen LogP contribution in [0.1, 0.15) is 28.4 Å². The highest BCUT2D eigenvalue weighted by Gasteiger charge is 2.13. The van der Waals surface area contributed by atoms with E-state index in [9.17, 15) is 9.59 Å². The molecule has 0 fully saturated rings. The van der Waals surface area contributed by atoms with Crippen LogP contribution in [0.5, 0.6) is 5.75 Å². The summed E-state index contributed by atoms with van der Waals surface area (Å²) in [7, 11) is 0. The largest absolute Gasteiger partial charge is 0.493 e. The molecule has 2 rings (SSSR count). The van der Waals surface area contributed by atoms with Crippen LogP contribution < -0.4 is 15.4 Å². The SMILES string of the molecule is CCOc1ccccc1C(=O)NCC(=O)Nc1ccc(C)cc1C. The van der Waals surface area contributed by atoms with Crippen LogP contribution in [0.15, 0.2) is 42.5 Å². The number of hydrogen-bond donors (Lipinski definition) is 2. The van der Waals surface area contributed by atoms with Gasteiger partial charge in [0.05, 0.1) is 18.7 Å². The molecule has 126 valence electrons. The Hall–Kier alpha value is -2.82. The lowest BCUT2D eigenvalue weighted by molar-refractivity contribution is -0.115. The van der Waals surface area contributed by atoms with Crippen LogP contribution in [-0.4, -0.2) is 25.0 Å². The first-order chi connectivity index (χ1) is 11.5. The Morgan fingerprint density at radius 1 is 1.08 bits per heavy atom. The molecule has 0 atom stereocenters. The number of benzene rings is 2. The highest BCUT2D eigenvalue weighted by molar-refractivity contribution is 6.01. The average Bonchev–Trinajstić information content (AvgIpc) is 2.56. The quantitative estimate of drug-likeness (QED) is 0.857. The first-order valence-electron chi connectivity index (χ1n) is 7.88. The van der Waals surface area contributed by atoms with Gasteiger partial charge in [-0.3, -0.25) is 9.59 Å². The molecular weight excluding hydrogens is 304 g/mol. The van der Waals surface area contributed by atoms with Crippen molar-refractivity contribution in [1.29, 1.82) is 0 Å². The van der Waals surface area contributed by atoms with Gasteiger partial charge in [-0.25, -0.2) is 0 Å². The summed E-state index contributed by atoms with van der Waals surface area (Å²) in [6, 6.07) is 12.7. The van der Waals surface area contributed by atoms with Crippen molar-refractivity contribution in [1.82, 2.24) is 5.32 Å². The standard InChI is InChI=1S/C19H22N2O3/c1-4-24-17-8-6-5-7-15(17)19(23)20-12-18(22)21-16-10-9-13(2)11-14(16)3/h5-11H,4,12H2,1-3H3,(H,20,23)(H,21,22). The van der Waals surface area contributed by atoms with Gasteiger partial charge in [0.15, 0.2) is 0 Å². The van der Waals surface area contributed by atoms with Crippen molar-refractivity contribution in [3.63, 3.8) is 0 Å². The van der Waals surface area contributed by atoms with Gasteiger partial charge in [-0.15, -0.1) is 0 Å². The van der Waals surface area contributed by atoms with Gasteiger partial charge in [-0.05, 0) is 44.5 Å². The van der Waals surface area contributed by atoms with Gasteiger partial charge >= 0.3 is 0 Å². The number of nitrogens with one attached hydrogen (secondary N) is 2. The molecule has 0 heterocycles. The molecule has 0 bridgehead atoms.